The normalized spacial score (nSPS) is 20.5. The Morgan fingerprint density at radius 1 is 1.17 bits per heavy atom. The van der Waals surface area contributed by atoms with E-state index in [1.165, 1.54) is 6.33 Å². The largest absolute Gasteiger partial charge is 0.476 e. The molecule has 3 aromatic heterocycles. The fraction of sp³-hybridized carbons (Fsp3) is 0.235. The van der Waals surface area contributed by atoms with Crippen LogP contribution in [0.2, 0.25) is 0 Å². The molecule has 0 unspecified atom stereocenters. The van der Waals surface area contributed by atoms with Gasteiger partial charge in [0, 0.05) is 41.2 Å². The molecule has 2 atom stereocenters. The van der Waals surface area contributed by atoms with E-state index in [4.69, 9.17) is 0 Å². The summed E-state index contributed by atoms with van der Waals surface area (Å²) >= 11 is 0. The molecule has 1 N–H and O–H groups in total. The van der Waals surface area contributed by atoms with Gasteiger partial charge in [-0.25, -0.2) is 24.4 Å². The zero-order valence-corrected chi connectivity index (χ0v) is 12.6. The molecule has 3 aromatic rings. The van der Waals surface area contributed by atoms with Crippen molar-refractivity contribution in [1.82, 2.24) is 24.7 Å². The van der Waals surface area contributed by atoms with Crippen molar-refractivity contribution in [1.29, 1.82) is 0 Å². The van der Waals surface area contributed by atoms with Crippen molar-refractivity contribution in [3.05, 3.63) is 54.0 Å². The van der Waals surface area contributed by atoms with Gasteiger partial charge in [0.2, 0.25) is 0 Å². The van der Waals surface area contributed by atoms with E-state index in [-0.39, 0.29) is 5.69 Å². The molecule has 7 heteroatoms. The molecule has 0 spiro atoms. The highest BCUT2D eigenvalue weighted by atomic mass is 16.4. The summed E-state index contributed by atoms with van der Waals surface area (Å²) in [5.74, 6) is 0.698. The molecule has 118 valence electrons. The molecule has 0 bridgehead atoms. The van der Waals surface area contributed by atoms with Crippen molar-refractivity contribution in [2.75, 3.05) is 0 Å². The summed E-state index contributed by atoms with van der Waals surface area (Å²) in [5.41, 5.74) is 3.87. The highest BCUT2D eigenvalue weighted by molar-refractivity contribution is 5.88. The van der Waals surface area contributed by atoms with E-state index in [1.54, 1.807) is 23.3 Å². The monoisotopic (exact) mass is 319 g/mol. The van der Waals surface area contributed by atoms with Gasteiger partial charge >= 0.3 is 5.97 Å². The van der Waals surface area contributed by atoms with E-state index in [9.17, 15) is 9.90 Å². The van der Waals surface area contributed by atoms with Crippen LogP contribution in [0.5, 0.6) is 0 Å². The fourth-order valence-corrected chi connectivity index (χ4v) is 3.59. The minimum Gasteiger partial charge on any atom is -0.476 e. The lowest BCUT2D eigenvalue weighted by Gasteiger charge is -2.06. The molecule has 0 radical (unpaired) electrons. The summed E-state index contributed by atoms with van der Waals surface area (Å²) < 4.78 is 1.71. The van der Waals surface area contributed by atoms with Gasteiger partial charge in [-0.2, -0.15) is 5.10 Å². The molecule has 0 saturated heterocycles. The lowest BCUT2D eigenvalue weighted by molar-refractivity contribution is 0.0688. The predicted octanol–water partition coefficient (Wildman–Crippen LogP) is 2.08. The molecule has 0 aromatic carbocycles. The highest BCUT2D eigenvalue weighted by Gasteiger charge is 2.50. The fourth-order valence-electron chi connectivity index (χ4n) is 3.59. The standard InChI is InChI=1S/C17H13N5O2/c23-17(24)15-13-4-10-3-12(10)16(13)22(21-15)14-2-1-9(7-20-14)11-5-18-8-19-6-11/h1-2,5-8,10,12H,3-4H2,(H,23,24)/t10-,12-/m0/s1. The number of hydrogen-bond donors (Lipinski definition) is 1. The molecule has 24 heavy (non-hydrogen) atoms. The van der Waals surface area contributed by atoms with Crippen LogP contribution in [0.4, 0.5) is 0 Å². The van der Waals surface area contributed by atoms with Gasteiger partial charge in [-0.15, -0.1) is 0 Å². The van der Waals surface area contributed by atoms with Gasteiger partial charge in [-0.05, 0) is 30.9 Å². The van der Waals surface area contributed by atoms with Gasteiger partial charge in [0.05, 0.1) is 5.69 Å². The summed E-state index contributed by atoms with van der Waals surface area (Å²) in [6.45, 7) is 0. The van der Waals surface area contributed by atoms with Gasteiger partial charge in [-0.1, -0.05) is 0 Å². The highest BCUT2D eigenvalue weighted by Crippen LogP contribution is 2.57. The summed E-state index contributed by atoms with van der Waals surface area (Å²) in [6, 6.07) is 3.78. The van der Waals surface area contributed by atoms with Crippen LogP contribution in [0.15, 0.2) is 37.1 Å². The van der Waals surface area contributed by atoms with Crippen LogP contribution in [0.1, 0.15) is 34.1 Å². The summed E-state index contributed by atoms with van der Waals surface area (Å²) in [6.07, 6.45) is 8.62. The number of carbonyl (C=O) groups is 1. The molecule has 1 saturated carbocycles. The van der Waals surface area contributed by atoms with Gasteiger partial charge < -0.3 is 5.11 Å². The van der Waals surface area contributed by atoms with Crippen molar-refractivity contribution in [3.8, 4) is 16.9 Å². The number of pyridine rings is 1. The number of fused-ring (bicyclic) bond motifs is 3. The molecule has 1 fully saturated rings. The average Bonchev–Trinajstić information content (AvgIpc) is 3.11. The van der Waals surface area contributed by atoms with Crippen LogP contribution >= 0.6 is 0 Å². The summed E-state index contributed by atoms with van der Waals surface area (Å²) in [4.78, 5) is 23.9. The van der Waals surface area contributed by atoms with Crippen LogP contribution in [0.3, 0.4) is 0 Å². The number of carboxylic acids is 1. The lowest BCUT2D eigenvalue weighted by atomic mass is 10.1. The second-order valence-electron chi connectivity index (χ2n) is 6.27. The smallest absolute Gasteiger partial charge is 0.356 e. The van der Waals surface area contributed by atoms with Gasteiger partial charge in [-0.3, -0.25) is 0 Å². The number of carboxylic acid groups (broad SMARTS) is 1. The number of aromatic carboxylic acids is 1. The second kappa shape index (κ2) is 4.70. The molecular weight excluding hydrogens is 306 g/mol. The Kier molecular flexibility index (Phi) is 2.62. The van der Waals surface area contributed by atoms with Crippen LogP contribution < -0.4 is 0 Å². The van der Waals surface area contributed by atoms with E-state index in [2.05, 4.69) is 20.1 Å². The van der Waals surface area contributed by atoms with Gasteiger partial charge in [0.15, 0.2) is 11.5 Å². The van der Waals surface area contributed by atoms with E-state index in [1.807, 2.05) is 12.1 Å². The third-order valence-electron chi connectivity index (χ3n) is 4.82. The van der Waals surface area contributed by atoms with Crippen molar-refractivity contribution < 1.29 is 9.90 Å². The number of hydrogen-bond acceptors (Lipinski definition) is 5. The molecule has 0 aliphatic heterocycles. The first kappa shape index (κ1) is 13.4. The topological polar surface area (TPSA) is 93.8 Å². The maximum absolute atomic E-state index is 11.5. The Bertz CT molecular complexity index is 949. The van der Waals surface area contributed by atoms with Crippen molar-refractivity contribution >= 4 is 5.97 Å². The minimum atomic E-state index is -0.968. The quantitative estimate of drug-likeness (QED) is 0.794. The van der Waals surface area contributed by atoms with Gasteiger partial charge in [0.25, 0.3) is 0 Å². The average molecular weight is 319 g/mol. The van der Waals surface area contributed by atoms with Crippen molar-refractivity contribution in [2.24, 2.45) is 5.92 Å². The van der Waals surface area contributed by atoms with Crippen LogP contribution in [-0.4, -0.2) is 35.8 Å². The molecule has 0 amide bonds. The first-order chi connectivity index (χ1) is 11.7. The lowest BCUT2D eigenvalue weighted by Crippen LogP contribution is -2.05. The van der Waals surface area contributed by atoms with Gasteiger partial charge in [0.1, 0.15) is 6.33 Å². The van der Waals surface area contributed by atoms with Crippen molar-refractivity contribution in [2.45, 2.75) is 18.8 Å². The molecule has 5 rings (SSSR count). The van der Waals surface area contributed by atoms with Crippen LogP contribution in [0, 0.1) is 5.92 Å². The first-order valence-corrected chi connectivity index (χ1v) is 7.79. The maximum atomic E-state index is 11.5. The third-order valence-corrected chi connectivity index (χ3v) is 4.82. The van der Waals surface area contributed by atoms with Crippen LogP contribution in [0.25, 0.3) is 16.9 Å². The molecule has 2 aliphatic carbocycles. The number of nitrogens with zero attached hydrogens (tertiary/aromatic N) is 5. The Labute approximate surface area is 137 Å². The molecular formula is C17H13N5O2. The Morgan fingerprint density at radius 2 is 2.00 bits per heavy atom. The van der Waals surface area contributed by atoms with E-state index >= 15 is 0 Å². The zero-order chi connectivity index (χ0) is 16.3. The second-order valence-corrected chi connectivity index (χ2v) is 6.27. The molecule has 7 nitrogen and oxygen atoms in total. The summed E-state index contributed by atoms with van der Waals surface area (Å²) in [7, 11) is 0. The predicted molar refractivity (Wildman–Crippen MR) is 83.9 cm³/mol. The molecule has 2 aliphatic rings. The Hall–Kier alpha value is -3.09. The maximum Gasteiger partial charge on any atom is 0.356 e. The Balaban J connectivity index is 1.58. The van der Waals surface area contributed by atoms with Crippen molar-refractivity contribution in [3.63, 3.8) is 0 Å². The number of aromatic nitrogens is 5. The first-order valence-electron chi connectivity index (χ1n) is 7.79. The Morgan fingerprint density at radius 3 is 2.71 bits per heavy atom. The van der Waals surface area contributed by atoms with E-state index in [0.717, 1.165) is 35.2 Å². The van der Waals surface area contributed by atoms with E-state index in [0.29, 0.717) is 17.7 Å². The third kappa shape index (κ3) is 1.87. The minimum absolute atomic E-state index is 0.166. The van der Waals surface area contributed by atoms with Crippen LogP contribution in [-0.2, 0) is 6.42 Å². The zero-order valence-electron chi connectivity index (χ0n) is 12.6. The summed E-state index contributed by atoms with van der Waals surface area (Å²) in [5, 5.41) is 13.7. The SMILES string of the molecule is O=C(O)c1nn(-c2ccc(-c3cncnc3)cn2)c2c1C[C@@H]1C[C@H]21. The number of rotatable bonds is 3. The molecule has 3 heterocycles. The van der Waals surface area contributed by atoms with E-state index < -0.39 is 5.97 Å².